The molecule has 0 aliphatic heterocycles. The summed E-state index contributed by atoms with van der Waals surface area (Å²) in [7, 11) is 0. The molecule has 0 unspecified atom stereocenters. The van der Waals surface area contributed by atoms with Gasteiger partial charge in [-0.05, 0) is 49.4 Å². The van der Waals surface area contributed by atoms with Gasteiger partial charge in [0.1, 0.15) is 17.3 Å². The van der Waals surface area contributed by atoms with E-state index in [9.17, 15) is 14.0 Å². The summed E-state index contributed by atoms with van der Waals surface area (Å²) in [5.41, 5.74) is 3.27. The first-order chi connectivity index (χ1) is 14.5. The van der Waals surface area contributed by atoms with Gasteiger partial charge in [0.05, 0.1) is 35.6 Å². The average Bonchev–Trinajstić information content (AvgIpc) is 3.22. The quantitative estimate of drug-likeness (QED) is 0.380. The predicted octanol–water partition coefficient (Wildman–Crippen LogP) is 3.90. The van der Waals surface area contributed by atoms with Crippen molar-refractivity contribution in [3.63, 3.8) is 0 Å². The van der Waals surface area contributed by atoms with E-state index in [4.69, 9.17) is 14.4 Å². The Hall–Kier alpha value is -4.25. The Bertz CT molecular complexity index is 1140. The molecule has 150 valence electrons. The van der Waals surface area contributed by atoms with Gasteiger partial charge in [0, 0.05) is 5.56 Å². The van der Waals surface area contributed by atoms with E-state index < -0.39 is 17.7 Å². The SMILES string of the molecule is CCOC(=O)c1ccc(-c2ccc(/C=N\NC(=O)c3ccc(C#N)cc3F)o2)cc1. The maximum atomic E-state index is 13.8. The summed E-state index contributed by atoms with van der Waals surface area (Å²) in [5.74, 6) is -1.06. The van der Waals surface area contributed by atoms with Crippen molar-refractivity contribution >= 4 is 18.1 Å². The lowest BCUT2D eigenvalue weighted by molar-refractivity contribution is 0.0526. The molecule has 1 aromatic heterocycles. The second kappa shape index (κ2) is 9.30. The van der Waals surface area contributed by atoms with Gasteiger partial charge in [-0.15, -0.1) is 0 Å². The number of nitrogens with zero attached hydrogens (tertiary/aromatic N) is 2. The zero-order valence-electron chi connectivity index (χ0n) is 15.9. The largest absolute Gasteiger partial charge is 0.462 e. The van der Waals surface area contributed by atoms with Crippen molar-refractivity contribution in [2.45, 2.75) is 6.92 Å². The van der Waals surface area contributed by atoms with Gasteiger partial charge in [-0.3, -0.25) is 4.79 Å². The van der Waals surface area contributed by atoms with E-state index >= 15 is 0 Å². The molecule has 2 aromatic carbocycles. The second-order valence-electron chi connectivity index (χ2n) is 6.01. The number of carbonyl (C=O) groups is 2. The molecule has 1 heterocycles. The van der Waals surface area contributed by atoms with Crippen LogP contribution in [0.2, 0.25) is 0 Å². The van der Waals surface area contributed by atoms with Crippen LogP contribution in [0.25, 0.3) is 11.3 Å². The van der Waals surface area contributed by atoms with Crippen LogP contribution in [-0.2, 0) is 4.74 Å². The summed E-state index contributed by atoms with van der Waals surface area (Å²) in [6.45, 7) is 2.04. The number of nitrogens with one attached hydrogen (secondary N) is 1. The third-order valence-corrected chi connectivity index (χ3v) is 4.01. The number of carbonyl (C=O) groups excluding carboxylic acids is 2. The molecule has 30 heavy (non-hydrogen) atoms. The average molecular weight is 405 g/mol. The monoisotopic (exact) mass is 405 g/mol. The van der Waals surface area contributed by atoms with E-state index in [-0.39, 0.29) is 11.1 Å². The van der Waals surface area contributed by atoms with Gasteiger partial charge >= 0.3 is 5.97 Å². The fourth-order valence-corrected chi connectivity index (χ4v) is 2.55. The third-order valence-electron chi connectivity index (χ3n) is 4.01. The molecular formula is C22H16FN3O4. The number of furan rings is 1. The number of ether oxygens (including phenoxy) is 1. The Morgan fingerprint density at radius 3 is 2.63 bits per heavy atom. The number of amides is 1. The highest BCUT2D eigenvalue weighted by atomic mass is 19.1. The lowest BCUT2D eigenvalue weighted by Crippen LogP contribution is -2.19. The van der Waals surface area contributed by atoms with E-state index in [0.29, 0.717) is 23.7 Å². The first-order valence-corrected chi connectivity index (χ1v) is 8.92. The number of rotatable bonds is 6. The summed E-state index contributed by atoms with van der Waals surface area (Å²) < 4.78 is 24.4. The number of halogens is 1. The van der Waals surface area contributed by atoms with Crippen LogP contribution < -0.4 is 5.43 Å². The van der Waals surface area contributed by atoms with Crippen molar-refractivity contribution < 1.29 is 23.1 Å². The maximum Gasteiger partial charge on any atom is 0.338 e. The van der Waals surface area contributed by atoms with Gasteiger partial charge in [0.2, 0.25) is 0 Å². The molecule has 8 heteroatoms. The van der Waals surface area contributed by atoms with Crippen LogP contribution >= 0.6 is 0 Å². The topological polar surface area (TPSA) is 105 Å². The smallest absolute Gasteiger partial charge is 0.338 e. The maximum absolute atomic E-state index is 13.8. The third kappa shape index (κ3) is 4.77. The van der Waals surface area contributed by atoms with E-state index in [1.165, 1.54) is 18.3 Å². The Kier molecular flexibility index (Phi) is 6.35. The zero-order valence-corrected chi connectivity index (χ0v) is 15.9. The highest BCUT2D eigenvalue weighted by Crippen LogP contribution is 2.22. The second-order valence-corrected chi connectivity index (χ2v) is 6.01. The fourth-order valence-electron chi connectivity index (χ4n) is 2.55. The number of benzene rings is 2. The van der Waals surface area contributed by atoms with Crippen LogP contribution in [0.5, 0.6) is 0 Å². The molecule has 7 nitrogen and oxygen atoms in total. The van der Waals surface area contributed by atoms with Crippen LogP contribution in [0, 0.1) is 17.1 Å². The first kappa shape index (κ1) is 20.5. The van der Waals surface area contributed by atoms with Crippen molar-refractivity contribution in [2.75, 3.05) is 6.61 Å². The van der Waals surface area contributed by atoms with Crippen LogP contribution in [0.1, 0.15) is 39.0 Å². The molecule has 0 bridgehead atoms. The molecule has 1 N–H and O–H groups in total. The Labute approximate surface area is 171 Å². The molecule has 0 saturated heterocycles. The molecule has 3 rings (SSSR count). The molecule has 0 fully saturated rings. The summed E-state index contributed by atoms with van der Waals surface area (Å²) in [4.78, 5) is 23.7. The number of esters is 1. The van der Waals surface area contributed by atoms with Gasteiger partial charge in [0.25, 0.3) is 5.91 Å². The molecule has 0 spiro atoms. The molecular weight excluding hydrogens is 389 g/mol. The van der Waals surface area contributed by atoms with Gasteiger partial charge in [-0.2, -0.15) is 10.4 Å². The highest BCUT2D eigenvalue weighted by Gasteiger charge is 2.12. The number of hydrogen-bond acceptors (Lipinski definition) is 6. The van der Waals surface area contributed by atoms with E-state index in [1.807, 2.05) is 0 Å². The fraction of sp³-hybridized carbons (Fsp3) is 0.0909. The molecule has 0 radical (unpaired) electrons. The summed E-state index contributed by atoms with van der Waals surface area (Å²) in [6, 6.07) is 15.4. The van der Waals surface area contributed by atoms with Gasteiger partial charge in [-0.25, -0.2) is 14.6 Å². The lowest BCUT2D eigenvalue weighted by Gasteiger charge is -2.02. The van der Waals surface area contributed by atoms with E-state index in [0.717, 1.165) is 11.6 Å². The van der Waals surface area contributed by atoms with Gasteiger partial charge in [0.15, 0.2) is 0 Å². The van der Waals surface area contributed by atoms with Crippen molar-refractivity contribution in [1.29, 1.82) is 5.26 Å². The predicted molar refractivity (Wildman–Crippen MR) is 106 cm³/mol. The minimum absolute atomic E-state index is 0.117. The molecule has 3 aromatic rings. The van der Waals surface area contributed by atoms with Crippen molar-refractivity contribution in [2.24, 2.45) is 5.10 Å². The van der Waals surface area contributed by atoms with Crippen LogP contribution in [0.15, 0.2) is 64.1 Å². The van der Waals surface area contributed by atoms with Crippen molar-refractivity contribution in [1.82, 2.24) is 5.43 Å². The van der Waals surface area contributed by atoms with Crippen LogP contribution in [-0.4, -0.2) is 24.7 Å². The minimum atomic E-state index is -0.812. The standard InChI is InChI=1S/C22H16FN3O4/c1-2-29-22(28)16-6-4-15(5-7-16)20-10-8-17(30-20)13-25-26-21(27)18-9-3-14(12-24)11-19(18)23/h3-11,13H,2H2,1H3,(H,26,27)/b25-13-. The lowest BCUT2D eigenvalue weighted by atomic mass is 10.1. The minimum Gasteiger partial charge on any atom is -0.462 e. The molecule has 0 atom stereocenters. The van der Waals surface area contributed by atoms with Crippen LogP contribution in [0.3, 0.4) is 0 Å². The Balaban J connectivity index is 1.64. The Morgan fingerprint density at radius 2 is 1.97 bits per heavy atom. The molecule has 0 aliphatic rings. The van der Waals surface area contributed by atoms with Crippen LogP contribution in [0.4, 0.5) is 4.39 Å². The summed E-state index contributed by atoms with van der Waals surface area (Å²) in [5, 5.41) is 12.5. The van der Waals surface area contributed by atoms with E-state index in [2.05, 4.69) is 10.5 Å². The van der Waals surface area contributed by atoms with Gasteiger partial charge in [-0.1, -0.05) is 12.1 Å². The molecule has 1 amide bonds. The van der Waals surface area contributed by atoms with Gasteiger partial charge < -0.3 is 9.15 Å². The number of hydrazone groups is 1. The van der Waals surface area contributed by atoms with E-state index in [1.54, 1.807) is 49.4 Å². The van der Waals surface area contributed by atoms with Crippen molar-refractivity contribution in [3.8, 4) is 17.4 Å². The molecule has 0 saturated carbocycles. The number of nitriles is 1. The van der Waals surface area contributed by atoms with Crippen molar-refractivity contribution in [3.05, 3.63) is 82.9 Å². The first-order valence-electron chi connectivity index (χ1n) is 8.92. The number of hydrogen-bond donors (Lipinski definition) is 1. The molecule has 0 aliphatic carbocycles. The Morgan fingerprint density at radius 1 is 1.20 bits per heavy atom. The highest BCUT2D eigenvalue weighted by molar-refractivity contribution is 5.95. The summed E-state index contributed by atoms with van der Waals surface area (Å²) >= 11 is 0. The summed E-state index contributed by atoms with van der Waals surface area (Å²) in [6.07, 6.45) is 1.27. The normalized spacial score (nSPS) is 10.6. The zero-order chi connectivity index (χ0) is 21.5.